The number of halogens is 2. The molecule has 0 aliphatic carbocycles. The lowest BCUT2D eigenvalue weighted by Crippen LogP contribution is -1.93. The second-order valence-electron chi connectivity index (χ2n) is 2.84. The second-order valence-corrected chi connectivity index (χ2v) is 3.65. The van der Waals surface area contributed by atoms with Crippen LogP contribution in [0.15, 0.2) is 29.6 Å². The first kappa shape index (κ1) is 10.9. The van der Waals surface area contributed by atoms with Gasteiger partial charge >= 0.3 is 0 Å². The van der Waals surface area contributed by atoms with Crippen molar-refractivity contribution in [1.82, 2.24) is 15.2 Å². The fraction of sp³-hybridized carbons (Fsp3) is 0. The molecule has 5 nitrogen and oxygen atoms in total. The van der Waals surface area contributed by atoms with E-state index in [1.165, 1.54) is 12.5 Å². The molecule has 0 saturated carbocycles. The fourth-order valence-electron chi connectivity index (χ4n) is 1.05. The predicted molar refractivity (Wildman–Crippen MR) is 64.1 cm³/mol. The van der Waals surface area contributed by atoms with Crippen LogP contribution < -0.4 is 5.43 Å². The minimum atomic E-state index is 0.444. The fourth-order valence-corrected chi connectivity index (χ4v) is 1.55. The highest BCUT2D eigenvalue weighted by Crippen LogP contribution is 2.22. The van der Waals surface area contributed by atoms with Crippen molar-refractivity contribution >= 4 is 35.4 Å². The number of hydrazone groups is 1. The normalized spacial score (nSPS) is 10.9. The molecule has 0 bridgehead atoms. The SMILES string of the molecule is Clc1cccc(Cl)c1C=NNc1ncn[nH]1. The van der Waals surface area contributed by atoms with Gasteiger partial charge in [-0.25, -0.2) is 10.5 Å². The highest BCUT2D eigenvalue weighted by atomic mass is 35.5. The molecule has 0 spiro atoms. The summed E-state index contributed by atoms with van der Waals surface area (Å²) in [4.78, 5) is 3.83. The maximum absolute atomic E-state index is 5.95. The molecular weight excluding hydrogens is 249 g/mol. The zero-order chi connectivity index (χ0) is 11.4. The summed E-state index contributed by atoms with van der Waals surface area (Å²) in [5.41, 5.74) is 3.30. The number of hydrogen-bond donors (Lipinski definition) is 2. The Hall–Kier alpha value is -1.59. The Balaban J connectivity index is 2.12. The number of hydrogen-bond acceptors (Lipinski definition) is 4. The first-order valence-corrected chi connectivity index (χ1v) is 5.11. The monoisotopic (exact) mass is 255 g/mol. The Morgan fingerprint density at radius 1 is 1.31 bits per heavy atom. The molecule has 0 fully saturated rings. The van der Waals surface area contributed by atoms with Gasteiger partial charge < -0.3 is 0 Å². The van der Waals surface area contributed by atoms with Crippen LogP contribution in [0.2, 0.25) is 10.0 Å². The van der Waals surface area contributed by atoms with Crippen LogP contribution in [0.3, 0.4) is 0 Å². The first-order valence-electron chi connectivity index (χ1n) is 4.36. The molecule has 1 heterocycles. The third-order valence-corrected chi connectivity index (χ3v) is 2.44. The van der Waals surface area contributed by atoms with Gasteiger partial charge in [0.2, 0.25) is 5.95 Å². The molecule has 1 aromatic heterocycles. The average Bonchev–Trinajstić information content (AvgIpc) is 2.75. The van der Waals surface area contributed by atoms with Crippen molar-refractivity contribution in [3.63, 3.8) is 0 Å². The van der Waals surface area contributed by atoms with Crippen molar-refractivity contribution in [2.75, 3.05) is 5.43 Å². The number of benzene rings is 1. The molecule has 16 heavy (non-hydrogen) atoms. The smallest absolute Gasteiger partial charge is 0.239 e. The minimum absolute atomic E-state index is 0.444. The molecule has 2 N–H and O–H groups in total. The van der Waals surface area contributed by atoms with E-state index in [1.807, 2.05) is 0 Å². The van der Waals surface area contributed by atoms with Gasteiger partial charge in [-0.1, -0.05) is 29.3 Å². The van der Waals surface area contributed by atoms with E-state index in [0.717, 1.165) is 0 Å². The lowest BCUT2D eigenvalue weighted by atomic mass is 10.2. The van der Waals surface area contributed by atoms with Crippen molar-refractivity contribution in [3.05, 3.63) is 40.1 Å². The number of nitrogens with zero attached hydrogens (tertiary/aromatic N) is 3. The van der Waals surface area contributed by atoms with Crippen LogP contribution in [0.5, 0.6) is 0 Å². The molecule has 0 amide bonds. The van der Waals surface area contributed by atoms with E-state index in [-0.39, 0.29) is 0 Å². The largest absolute Gasteiger partial charge is 0.246 e. The lowest BCUT2D eigenvalue weighted by molar-refractivity contribution is 1.08. The van der Waals surface area contributed by atoms with E-state index in [2.05, 4.69) is 25.7 Å². The Bertz CT molecular complexity index is 474. The zero-order valence-electron chi connectivity index (χ0n) is 7.98. The third-order valence-electron chi connectivity index (χ3n) is 1.78. The zero-order valence-corrected chi connectivity index (χ0v) is 9.50. The number of aromatic amines is 1. The van der Waals surface area contributed by atoms with Crippen LogP contribution in [0, 0.1) is 0 Å². The van der Waals surface area contributed by atoms with Crippen molar-refractivity contribution in [2.45, 2.75) is 0 Å². The second kappa shape index (κ2) is 4.96. The standard InChI is InChI=1S/C9H7Cl2N5/c10-7-2-1-3-8(11)6(7)4-13-15-9-12-5-14-16-9/h1-5H,(H2,12,14,15,16). The van der Waals surface area contributed by atoms with Gasteiger partial charge in [-0.05, 0) is 12.1 Å². The molecule has 0 saturated heterocycles. The molecule has 0 unspecified atom stereocenters. The average molecular weight is 256 g/mol. The van der Waals surface area contributed by atoms with Crippen molar-refractivity contribution in [3.8, 4) is 0 Å². The van der Waals surface area contributed by atoms with Crippen LogP contribution in [0.1, 0.15) is 5.56 Å². The number of rotatable bonds is 3. The summed E-state index contributed by atoms with van der Waals surface area (Å²) >= 11 is 11.9. The molecule has 0 aliphatic rings. The summed E-state index contributed by atoms with van der Waals surface area (Å²) in [6.07, 6.45) is 2.90. The molecule has 2 rings (SSSR count). The Morgan fingerprint density at radius 3 is 2.69 bits per heavy atom. The molecule has 0 radical (unpaired) electrons. The van der Waals surface area contributed by atoms with Crippen LogP contribution in [-0.2, 0) is 0 Å². The summed E-state index contributed by atoms with van der Waals surface area (Å²) in [6.45, 7) is 0. The van der Waals surface area contributed by atoms with Gasteiger partial charge in [0.25, 0.3) is 0 Å². The van der Waals surface area contributed by atoms with Crippen molar-refractivity contribution in [2.24, 2.45) is 5.10 Å². The Labute approximate surface area is 101 Å². The van der Waals surface area contributed by atoms with Gasteiger partial charge in [0.1, 0.15) is 6.33 Å². The van der Waals surface area contributed by atoms with Crippen LogP contribution >= 0.6 is 23.2 Å². The maximum Gasteiger partial charge on any atom is 0.239 e. The van der Waals surface area contributed by atoms with Crippen LogP contribution in [0.4, 0.5) is 5.95 Å². The molecular formula is C9H7Cl2N5. The van der Waals surface area contributed by atoms with E-state index in [1.54, 1.807) is 18.2 Å². The van der Waals surface area contributed by atoms with E-state index >= 15 is 0 Å². The predicted octanol–water partition coefficient (Wildman–Crippen LogP) is 2.56. The highest BCUT2D eigenvalue weighted by molar-refractivity contribution is 6.38. The quantitative estimate of drug-likeness (QED) is 0.655. The summed E-state index contributed by atoms with van der Waals surface area (Å²) < 4.78 is 0. The Kier molecular flexibility index (Phi) is 3.38. The van der Waals surface area contributed by atoms with Crippen LogP contribution in [0.25, 0.3) is 0 Å². The number of H-pyrrole nitrogens is 1. The van der Waals surface area contributed by atoms with Crippen molar-refractivity contribution in [1.29, 1.82) is 0 Å². The topological polar surface area (TPSA) is 66.0 Å². The van der Waals surface area contributed by atoms with Gasteiger partial charge in [-0.3, -0.25) is 0 Å². The molecule has 82 valence electrons. The van der Waals surface area contributed by atoms with Gasteiger partial charge in [0.05, 0.1) is 16.3 Å². The molecule has 7 heteroatoms. The van der Waals surface area contributed by atoms with E-state index < -0.39 is 0 Å². The number of anilines is 1. The summed E-state index contributed by atoms with van der Waals surface area (Å²) in [6, 6.07) is 5.25. The van der Waals surface area contributed by atoms with E-state index in [9.17, 15) is 0 Å². The van der Waals surface area contributed by atoms with E-state index in [0.29, 0.717) is 21.6 Å². The number of nitrogens with one attached hydrogen (secondary N) is 2. The number of aromatic nitrogens is 3. The minimum Gasteiger partial charge on any atom is -0.246 e. The highest BCUT2D eigenvalue weighted by Gasteiger charge is 2.01. The molecule has 0 atom stereocenters. The van der Waals surface area contributed by atoms with Gasteiger partial charge in [-0.15, -0.1) is 0 Å². The first-order chi connectivity index (χ1) is 7.77. The summed E-state index contributed by atoms with van der Waals surface area (Å²) in [5, 5.41) is 11.3. The summed E-state index contributed by atoms with van der Waals surface area (Å²) in [7, 11) is 0. The maximum atomic E-state index is 5.95. The van der Waals surface area contributed by atoms with Crippen LogP contribution in [-0.4, -0.2) is 21.4 Å². The Morgan fingerprint density at radius 2 is 2.06 bits per heavy atom. The van der Waals surface area contributed by atoms with Gasteiger partial charge in [0.15, 0.2) is 0 Å². The molecule has 0 aliphatic heterocycles. The van der Waals surface area contributed by atoms with Gasteiger partial charge in [0, 0.05) is 5.56 Å². The van der Waals surface area contributed by atoms with Crippen molar-refractivity contribution < 1.29 is 0 Å². The molecule has 2 aromatic rings. The van der Waals surface area contributed by atoms with E-state index in [4.69, 9.17) is 23.2 Å². The van der Waals surface area contributed by atoms with Gasteiger partial charge in [-0.2, -0.15) is 15.2 Å². The summed E-state index contributed by atoms with van der Waals surface area (Å²) in [5.74, 6) is 0.444. The molecule has 1 aromatic carbocycles. The third kappa shape index (κ3) is 2.50. The lowest BCUT2D eigenvalue weighted by Gasteiger charge is -1.99.